The lowest BCUT2D eigenvalue weighted by Gasteiger charge is -2.16. The Morgan fingerprint density at radius 2 is 0.902 bits per heavy atom. The van der Waals surface area contributed by atoms with E-state index in [1.54, 1.807) is 0 Å². The number of nitrogens with zero attached hydrogens (tertiary/aromatic N) is 3. The fraction of sp³-hybridized carbons (Fsp3) is 0. The molecule has 12 rings (SSSR count). The molecule has 0 amide bonds. The first-order valence-electron chi connectivity index (χ1n) is 20.6. The number of aromatic nitrogens is 3. The SMILES string of the molecule is O=P1(c2ccccc2)c2ccccc2-c2cc3c(cc21)c1ccc2ccccc2c1n3-c1nc(-c2ccc(-c3ccccc3)cc2)cc(-c2ccc(-c3ccccc3)cc2)n1. The normalized spacial score (nSPS) is 14.4. The van der Waals surface area contributed by atoms with Gasteiger partial charge in [0.1, 0.15) is 0 Å². The van der Waals surface area contributed by atoms with Crippen LogP contribution in [0.15, 0.2) is 218 Å². The predicted octanol–water partition coefficient (Wildman–Crippen LogP) is 13.0. The monoisotopic (exact) mass is 797 g/mol. The third-order valence-corrected chi connectivity index (χ3v) is 15.4. The standard InChI is InChI=1S/C56H36N3OP/c60-61(44-19-8-3-9-20-44)53-23-13-12-22-46(53)49-34-52-48(35-54(49)61)47-33-32-41-18-10-11-21-45(41)55(47)59(52)56-57-50(42-28-24-39(25-29-42)37-14-4-1-5-15-37)36-51(58-56)43-30-26-40(27-31-43)38-16-6-2-7-17-38/h1-36H. The average molecular weight is 798 g/mol. The van der Waals surface area contributed by atoms with E-state index in [9.17, 15) is 0 Å². The summed E-state index contributed by atoms with van der Waals surface area (Å²) < 4.78 is 18.0. The van der Waals surface area contributed by atoms with Gasteiger partial charge in [0.05, 0.1) is 22.4 Å². The van der Waals surface area contributed by atoms with Gasteiger partial charge in [-0.25, -0.2) is 9.97 Å². The summed E-state index contributed by atoms with van der Waals surface area (Å²) >= 11 is 0. The van der Waals surface area contributed by atoms with Crippen LogP contribution in [0.25, 0.3) is 94.4 Å². The van der Waals surface area contributed by atoms with E-state index in [1.165, 1.54) is 11.1 Å². The lowest BCUT2D eigenvalue weighted by atomic mass is 10.0. The number of fused-ring (bicyclic) bond motifs is 8. The summed E-state index contributed by atoms with van der Waals surface area (Å²) in [4.78, 5) is 10.9. The van der Waals surface area contributed by atoms with Crippen molar-refractivity contribution in [2.24, 2.45) is 0 Å². The Balaban J connectivity index is 1.14. The average Bonchev–Trinajstić information content (AvgIpc) is 3.81. The van der Waals surface area contributed by atoms with Gasteiger partial charge >= 0.3 is 0 Å². The number of benzene rings is 9. The summed E-state index contributed by atoms with van der Waals surface area (Å²) in [5.41, 5.74) is 12.2. The van der Waals surface area contributed by atoms with Crippen molar-refractivity contribution in [1.82, 2.24) is 14.5 Å². The molecular weight excluding hydrogens is 762 g/mol. The van der Waals surface area contributed by atoms with Gasteiger partial charge in [0, 0.05) is 43.2 Å². The lowest BCUT2D eigenvalue weighted by Crippen LogP contribution is -2.20. The van der Waals surface area contributed by atoms with Gasteiger partial charge in [-0.15, -0.1) is 0 Å². The Labute approximate surface area is 353 Å². The second-order valence-corrected chi connectivity index (χ2v) is 18.4. The van der Waals surface area contributed by atoms with E-state index in [0.29, 0.717) is 5.95 Å². The molecule has 2 aromatic heterocycles. The van der Waals surface area contributed by atoms with Crippen LogP contribution in [0, 0.1) is 0 Å². The lowest BCUT2D eigenvalue weighted by molar-refractivity contribution is 0.593. The summed E-state index contributed by atoms with van der Waals surface area (Å²) in [7, 11) is -3.18. The molecule has 61 heavy (non-hydrogen) atoms. The highest BCUT2D eigenvalue weighted by molar-refractivity contribution is 7.86. The van der Waals surface area contributed by atoms with Gasteiger partial charge in [0.25, 0.3) is 0 Å². The maximum atomic E-state index is 15.7. The molecule has 1 unspecified atom stereocenters. The topological polar surface area (TPSA) is 47.8 Å². The zero-order valence-electron chi connectivity index (χ0n) is 33.0. The number of hydrogen-bond donors (Lipinski definition) is 0. The van der Waals surface area contributed by atoms with Crippen LogP contribution in [0.5, 0.6) is 0 Å². The van der Waals surface area contributed by atoms with Crippen molar-refractivity contribution in [3.8, 4) is 61.8 Å². The smallest absolute Gasteiger partial charge is 0.235 e. The van der Waals surface area contributed by atoms with Crippen molar-refractivity contribution in [2.75, 3.05) is 0 Å². The molecule has 9 aromatic carbocycles. The molecule has 1 atom stereocenters. The first-order chi connectivity index (χ1) is 30.1. The highest BCUT2D eigenvalue weighted by Crippen LogP contribution is 2.53. The molecule has 0 spiro atoms. The fourth-order valence-electron chi connectivity index (χ4n) is 9.28. The second kappa shape index (κ2) is 14.0. The van der Waals surface area contributed by atoms with Gasteiger partial charge in [-0.1, -0.05) is 200 Å². The third kappa shape index (κ3) is 5.64. The summed E-state index contributed by atoms with van der Waals surface area (Å²) in [6.45, 7) is 0. The maximum absolute atomic E-state index is 15.7. The molecule has 0 radical (unpaired) electrons. The van der Waals surface area contributed by atoms with E-state index in [0.717, 1.165) is 93.3 Å². The van der Waals surface area contributed by atoms with Crippen molar-refractivity contribution in [3.63, 3.8) is 0 Å². The molecule has 1 aliphatic rings. The third-order valence-electron chi connectivity index (χ3n) is 12.3. The maximum Gasteiger partial charge on any atom is 0.235 e. The Bertz CT molecular complexity index is 3420. The van der Waals surface area contributed by atoms with Crippen LogP contribution in [0.3, 0.4) is 0 Å². The summed E-state index contributed by atoms with van der Waals surface area (Å²) in [5.74, 6) is 0.570. The van der Waals surface area contributed by atoms with E-state index in [2.05, 4.69) is 162 Å². The van der Waals surface area contributed by atoms with Gasteiger partial charge in [-0.05, 0) is 57.0 Å². The molecule has 3 heterocycles. The molecule has 0 saturated carbocycles. The number of rotatable bonds is 6. The zero-order valence-corrected chi connectivity index (χ0v) is 33.9. The minimum Gasteiger partial charge on any atom is -0.309 e. The van der Waals surface area contributed by atoms with Crippen molar-refractivity contribution in [2.45, 2.75) is 0 Å². The highest BCUT2D eigenvalue weighted by atomic mass is 31.2. The van der Waals surface area contributed by atoms with Crippen molar-refractivity contribution in [3.05, 3.63) is 218 Å². The van der Waals surface area contributed by atoms with E-state index >= 15 is 4.57 Å². The van der Waals surface area contributed by atoms with Crippen LogP contribution in [0.4, 0.5) is 0 Å². The van der Waals surface area contributed by atoms with Crippen LogP contribution >= 0.6 is 7.14 Å². The molecule has 1 aliphatic heterocycles. The minimum absolute atomic E-state index is 0.570. The molecule has 0 bridgehead atoms. The largest absolute Gasteiger partial charge is 0.309 e. The molecule has 4 nitrogen and oxygen atoms in total. The predicted molar refractivity (Wildman–Crippen MR) is 254 cm³/mol. The van der Waals surface area contributed by atoms with E-state index < -0.39 is 7.14 Å². The first-order valence-corrected chi connectivity index (χ1v) is 22.3. The molecule has 0 aliphatic carbocycles. The van der Waals surface area contributed by atoms with Gasteiger partial charge in [0.15, 0.2) is 7.14 Å². The van der Waals surface area contributed by atoms with Crippen LogP contribution in [-0.4, -0.2) is 14.5 Å². The summed E-state index contributed by atoms with van der Waals surface area (Å²) in [6, 6.07) is 75.8. The van der Waals surface area contributed by atoms with Gasteiger partial charge in [0.2, 0.25) is 5.95 Å². The molecule has 0 N–H and O–H groups in total. The molecule has 286 valence electrons. The summed E-state index contributed by atoms with van der Waals surface area (Å²) in [6.07, 6.45) is 0. The second-order valence-electron chi connectivity index (χ2n) is 15.7. The summed E-state index contributed by atoms with van der Waals surface area (Å²) in [5, 5.41) is 6.87. The van der Waals surface area contributed by atoms with E-state index in [1.807, 2.05) is 60.7 Å². The highest BCUT2D eigenvalue weighted by Gasteiger charge is 2.41. The molecule has 0 saturated heterocycles. The Hall–Kier alpha value is -7.65. The number of hydrogen-bond acceptors (Lipinski definition) is 3. The first kappa shape index (κ1) is 35.3. The van der Waals surface area contributed by atoms with Gasteiger partial charge in [-0.2, -0.15) is 0 Å². The van der Waals surface area contributed by atoms with Crippen LogP contribution in [-0.2, 0) is 4.57 Å². The zero-order chi connectivity index (χ0) is 40.5. The quantitative estimate of drug-likeness (QED) is 0.157. The Morgan fingerprint density at radius 1 is 0.377 bits per heavy atom. The molecule has 11 aromatic rings. The van der Waals surface area contributed by atoms with Crippen LogP contribution in [0.2, 0.25) is 0 Å². The van der Waals surface area contributed by atoms with Crippen molar-refractivity contribution < 1.29 is 4.57 Å². The minimum atomic E-state index is -3.18. The van der Waals surface area contributed by atoms with E-state index in [-0.39, 0.29) is 0 Å². The van der Waals surface area contributed by atoms with Gasteiger partial charge in [-0.3, -0.25) is 4.57 Å². The fourth-order valence-corrected chi connectivity index (χ4v) is 12.3. The molecule has 0 fully saturated rings. The van der Waals surface area contributed by atoms with Crippen molar-refractivity contribution >= 4 is 55.6 Å². The van der Waals surface area contributed by atoms with Crippen LogP contribution < -0.4 is 15.9 Å². The van der Waals surface area contributed by atoms with Gasteiger partial charge < -0.3 is 4.57 Å². The van der Waals surface area contributed by atoms with E-state index in [4.69, 9.17) is 9.97 Å². The Morgan fingerprint density at radius 3 is 1.54 bits per heavy atom. The molecular formula is C56H36N3OP. The van der Waals surface area contributed by atoms with Crippen LogP contribution in [0.1, 0.15) is 0 Å². The van der Waals surface area contributed by atoms with Crippen molar-refractivity contribution in [1.29, 1.82) is 0 Å². The molecule has 5 heteroatoms. The Kier molecular flexibility index (Phi) is 8.09.